The van der Waals surface area contributed by atoms with Gasteiger partial charge in [-0.25, -0.2) is 0 Å². The smallest absolute Gasteiger partial charge is 0.314 e. The molecule has 1 spiro atoms. The van der Waals surface area contributed by atoms with Crippen molar-refractivity contribution in [2.45, 2.75) is 104 Å². The molecule has 0 aromatic heterocycles. The number of nitrogens with two attached hydrogens (primary N) is 2. The molecule has 0 amide bonds. The zero-order valence-electron chi connectivity index (χ0n) is 19.6. The first kappa shape index (κ1) is 28.4. The molecule has 4 rings (SSSR count). The van der Waals surface area contributed by atoms with Gasteiger partial charge in [-0.3, -0.25) is 0 Å². The first-order chi connectivity index (χ1) is 17.0. The maximum Gasteiger partial charge on any atom is 0.314 e. The van der Waals surface area contributed by atoms with Crippen LogP contribution >= 0.6 is 0 Å². The standard InChI is InChI=1S/C20H37N3O13/c1-23-7-2-5(21)9(26)15(10(7)27)33-19-17-16(11(28)8(4-25)32-19)35-20(36-17)18(31)13(30)12(29)14(34-20)6(22)3-24/h5-19,23-31H,2-4,21-22H2,1H3/t5-,6?,7+,8+,9+,10-,11-,12+,13-,14+,15-,16?,17+,18?,19?,20?/m0/s1. The fourth-order valence-electron chi connectivity index (χ4n) is 5.23. The highest BCUT2D eigenvalue weighted by Crippen LogP contribution is 2.45. The van der Waals surface area contributed by atoms with Gasteiger partial charge in [-0.05, 0) is 13.5 Å². The number of aliphatic hydroxyl groups excluding tert-OH is 8. The normalized spacial score (nSPS) is 54.4. The highest BCUT2D eigenvalue weighted by Gasteiger charge is 2.67. The second-order valence-corrected chi connectivity index (χ2v) is 9.72. The molecule has 36 heavy (non-hydrogen) atoms. The van der Waals surface area contributed by atoms with Crippen molar-refractivity contribution >= 4 is 0 Å². The third-order valence-corrected chi connectivity index (χ3v) is 7.42. The molecule has 3 aliphatic heterocycles. The zero-order valence-corrected chi connectivity index (χ0v) is 19.6. The Labute approximate surface area is 206 Å². The number of rotatable bonds is 6. The van der Waals surface area contributed by atoms with Crippen LogP contribution in [0.4, 0.5) is 0 Å². The van der Waals surface area contributed by atoms with E-state index in [2.05, 4.69) is 5.32 Å². The molecule has 210 valence electrons. The summed E-state index contributed by atoms with van der Waals surface area (Å²) in [6.45, 7) is -1.33. The van der Waals surface area contributed by atoms with Crippen LogP contribution in [0.3, 0.4) is 0 Å². The van der Waals surface area contributed by atoms with Crippen LogP contribution in [0.15, 0.2) is 0 Å². The topological polar surface area (TPSA) is 272 Å². The van der Waals surface area contributed by atoms with Crippen molar-refractivity contribution in [3.63, 3.8) is 0 Å². The fourth-order valence-corrected chi connectivity index (χ4v) is 5.23. The number of hydrogen-bond donors (Lipinski definition) is 11. The molecule has 1 aliphatic carbocycles. The summed E-state index contributed by atoms with van der Waals surface area (Å²) < 4.78 is 28.7. The average molecular weight is 528 g/mol. The van der Waals surface area contributed by atoms with Crippen molar-refractivity contribution in [1.29, 1.82) is 0 Å². The summed E-state index contributed by atoms with van der Waals surface area (Å²) in [5.41, 5.74) is 11.8. The molecule has 4 fully saturated rings. The van der Waals surface area contributed by atoms with E-state index in [1.54, 1.807) is 7.05 Å². The lowest BCUT2D eigenvalue weighted by atomic mass is 9.84. The summed E-state index contributed by atoms with van der Waals surface area (Å²) >= 11 is 0. The van der Waals surface area contributed by atoms with Gasteiger partial charge in [-0.2, -0.15) is 0 Å². The van der Waals surface area contributed by atoms with Gasteiger partial charge in [0.15, 0.2) is 12.4 Å². The van der Waals surface area contributed by atoms with Crippen molar-refractivity contribution in [2.75, 3.05) is 20.3 Å². The van der Waals surface area contributed by atoms with E-state index in [9.17, 15) is 40.9 Å². The van der Waals surface area contributed by atoms with Gasteiger partial charge in [0, 0.05) is 12.1 Å². The second kappa shape index (κ2) is 10.9. The SMILES string of the molecule is CN[C@@H]1C[C@H](N)[C@@H](O)[C@H](OC2O[C@H](CO)[C@H](O)C3OC4(O[C@@H]23)O[C@H](C(N)CO)[C@H](O)[C@H](O)C4O)[C@H]1O. The summed E-state index contributed by atoms with van der Waals surface area (Å²) in [5, 5.41) is 85.6. The molecule has 5 unspecified atom stereocenters. The number of hydrogen-bond acceptors (Lipinski definition) is 16. The van der Waals surface area contributed by atoms with E-state index in [1.807, 2.05) is 0 Å². The molecule has 0 radical (unpaired) electrons. The van der Waals surface area contributed by atoms with Crippen molar-refractivity contribution in [3.05, 3.63) is 0 Å². The Hall–Kier alpha value is -0.640. The van der Waals surface area contributed by atoms with Gasteiger partial charge in [0.25, 0.3) is 0 Å². The van der Waals surface area contributed by atoms with E-state index in [1.165, 1.54) is 0 Å². The minimum atomic E-state index is -2.48. The monoisotopic (exact) mass is 527 g/mol. The molecule has 3 heterocycles. The van der Waals surface area contributed by atoms with Crippen LogP contribution in [0.25, 0.3) is 0 Å². The maximum absolute atomic E-state index is 10.7. The van der Waals surface area contributed by atoms with Crippen molar-refractivity contribution in [3.8, 4) is 0 Å². The Balaban J connectivity index is 1.62. The summed E-state index contributed by atoms with van der Waals surface area (Å²) in [7, 11) is 1.60. The number of fused-ring (bicyclic) bond motifs is 1. The highest BCUT2D eigenvalue weighted by molar-refractivity contribution is 5.05. The van der Waals surface area contributed by atoms with Crippen LogP contribution in [0, 0.1) is 0 Å². The lowest BCUT2D eigenvalue weighted by molar-refractivity contribution is -0.439. The van der Waals surface area contributed by atoms with Gasteiger partial charge in [0.2, 0.25) is 0 Å². The van der Waals surface area contributed by atoms with E-state index in [0.29, 0.717) is 0 Å². The summed E-state index contributed by atoms with van der Waals surface area (Å²) in [4.78, 5) is 0. The Morgan fingerprint density at radius 1 is 0.944 bits per heavy atom. The molecule has 16 nitrogen and oxygen atoms in total. The van der Waals surface area contributed by atoms with E-state index < -0.39 is 111 Å². The third-order valence-electron chi connectivity index (χ3n) is 7.42. The molecular weight excluding hydrogens is 490 g/mol. The van der Waals surface area contributed by atoms with E-state index in [0.717, 1.165) is 0 Å². The highest BCUT2D eigenvalue weighted by atomic mass is 16.9. The molecule has 16 atom stereocenters. The Kier molecular flexibility index (Phi) is 8.55. The first-order valence-electron chi connectivity index (χ1n) is 11.8. The van der Waals surface area contributed by atoms with Gasteiger partial charge in [0.1, 0.15) is 48.8 Å². The lowest BCUT2D eigenvalue weighted by Crippen LogP contribution is -2.69. The van der Waals surface area contributed by atoms with Gasteiger partial charge in [-0.15, -0.1) is 0 Å². The predicted molar refractivity (Wildman–Crippen MR) is 115 cm³/mol. The average Bonchev–Trinajstić information content (AvgIpc) is 3.27. The number of aliphatic hydroxyl groups is 8. The summed E-state index contributed by atoms with van der Waals surface area (Å²) in [5.74, 6) is -2.48. The van der Waals surface area contributed by atoms with E-state index in [-0.39, 0.29) is 6.42 Å². The largest absolute Gasteiger partial charge is 0.395 e. The van der Waals surface area contributed by atoms with E-state index in [4.69, 9.17) is 35.2 Å². The Morgan fingerprint density at radius 3 is 2.22 bits per heavy atom. The maximum atomic E-state index is 10.7. The van der Waals surface area contributed by atoms with Crippen LogP contribution in [-0.2, 0) is 23.7 Å². The van der Waals surface area contributed by atoms with Crippen LogP contribution in [0.2, 0.25) is 0 Å². The molecule has 0 bridgehead atoms. The predicted octanol–water partition coefficient (Wildman–Crippen LogP) is -7.27. The molecule has 0 aromatic rings. The van der Waals surface area contributed by atoms with E-state index >= 15 is 0 Å². The molecule has 3 saturated heterocycles. The molecule has 13 N–H and O–H groups in total. The van der Waals surface area contributed by atoms with Gasteiger partial charge in [-0.1, -0.05) is 0 Å². The Bertz CT molecular complexity index is 756. The van der Waals surface area contributed by atoms with Crippen LogP contribution in [-0.4, -0.2) is 159 Å². The molecule has 1 saturated carbocycles. The van der Waals surface area contributed by atoms with Gasteiger partial charge < -0.3 is 81.3 Å². The van der Waals surface area contributed by atoms with Crippen molar-refractivity contribution in [1.82, 2.24) is 5.32 Å². The minimum absolute atomic E-state index is 0.254. The van der Waals surface area contributed by atoms with Crippen LogP contribution in [0.1, 0.15) is 6.42 Å². The second-order valence-electron chi connectivity index (χ2n) is 9.72. The fraction of sp³-hybridized carbons (Fsp3) is 1.00. The van der Waals surface area contributed by atoms with Crippen molar-refractivity contribution < 1.29 is 64.5 Å². The van der Waals surface area contributed by atoms with Crippen molar-refractivity contribution in [2.24, 2.45) is 11.5 Å². The number of ether oxygens (including phenoxy) is 5. The van der Waals surface area contributed by atoms with Gasteiger partial charge >= 0.3 is 5.97 Å². The minimum Gasteiger partial charge on any atom is -0.395 e. The third kappa shape index (κ3) is 4.68. The summed E-state index contributed by atoms with van der Waals surface area (Å²) in [6, 6.07) is -2.50. The Morgan fingerprint density at radius 2 is 1.61 bits per heavy atom. The summed E-state index contributed by atoms with van der Waals surface area (Å²) in [6.07, 6.45) is -17.7. The van der Waals surface area contributed by atoms with Gasteiger partial charge in [0.05, 0.1) is 31.5 Å². The number of nitrogens with one attached hydrogen (secondary N) is 1. The zero-order chi connectivity index (χ0) is 26.5. The number of likely N-dealkylation sites (N-methyl/N-ethyl adjacent to an activating group) is 1. The lowest BCUT2D eigenvalue weighted by Gasteiger charge is -2.46. The molecule has 16 heteroatoms. The first-order valence-corrected chi connectivity index (χ1v) is 11.8. The van der Waals surface area contributed by atoms with Crippen LogP contribution < -0.4 is 16.8 Å². The quantitative estimate of drug-likeness (QED) is 0.153. The molecule has 4 aliphatic rings. The van der Waals surface area contributed by atoms with Crippen LogP contribution in [0.5, 0.6) is 0 Å². The molecular formula is C20H37N3O13. The molecule has 0 aromatic carbocycles.